The van der Waals surface area contributed by atoms with Crippen molar-refractivity contribution < 1.29 is 19.4 Å². The highest BCUT2D eigenvalue weighted by atomic mass is 35.5. The maximum absolute atomic E-state index is 11.2. The van der Waals surface area contributed by atoms with E-state index in [1.54, 1.807) is 13.0 Å². The van der Waals surface area contributed by atoms with Crippen LogP contribution in [0.1, 0.15) is 76.7 Å². The monoisotopic (exact) mass is 410 g/mol. The first kappa shape index (κ1) is 24.0. The average Bonchev–Trinajstić information content (AvgIpc) is 2.65. The third-order valence-corrected chi connectivity index (χ3v) is 5.01. The molecule has 2 rings (SSSR count). The number of fused-ring (bicyclic) bond motifs is 1. The molecule has 0 saturated carbocycles. The first-order chi connectivity index (χ1) is 13.4. The summed E-state index contributed by atoms with van der Waals surface area (Å²) in [5.41, 5.74) is 0.428. The Morgan fingerprint density at radius 3 is 2.18 bits per heavy atom. The van der Waals surface area contributed by atoms with Crippen molar-refractivity contribution in [2.45, 2.75) is 78.1 Å². The van der Waals surface area contributed by atoms with Crippen LogP contribution in [0.2, 0.25) is 5.02 Å². The van der Waals surface area contributed by atoms with Crippen molar-refractivity contribution in [2.75, 3.05) is 0 Å². The molecule has 0 radical (unpaired) electrons. The first-order valence-corrected chi connectivity index (χ1v) is 10.4. The number of rotatable bonds is 10. The SMILES string of the molecule is CCCCCCCCCCCC(=O)O.Cc1c(Cl)c(=O)oc2cc(O)ccc12. The third kappa shape index (κ3) is 8.79. The van der Waals surface area contributed by atoms with E-state index in [1.165, 1.54) is 57.1 Å². The number of halogens is 1. The molecule has 6 heteroatoms. The van der Waals surface area contributed by atoms with E-state index in [0.29, 0.717) is 17.6 Å². The van der Waals surface area contributed by atoms with Gasteiger partial charge in [-0.05, 0) is 31.0 Å². The zero-order chi connectivity index (χ0) is 20.9. The molecule has 0 aliphatic rings. The molecule has 0 aliphatic carbocycles. The highest BCUT2D eigenvalue weighted by molar-refractivity contribution is 6.31. The number of carbonyl (C=O) groups is 1. The molecule has 1 heterocycles. The normalized spacial score (nSPS) is 10.5. The summed E-state index contributed by atoms with van der Waals surface area (Å²) in [4.78, 5) is 21.4. The molecule has 0 saturated heterocycles. The van der Waals surface area contributed by atoms with E-state index >= 15 is 0 Å². The minimum atomic E-state index is -0.659. The van der Waals surface area contributed by atoms with Gasteiger partial charge in [-0.15, -0.1) is 0 Å². The van der Waals surface area contributed by atoms with Gasteiger partial charge in [0.25, 0.3) is 0 Å². The Morgan fingerprint density at radius 1 is 1.04 bits per heavy atom. The van der Waals surface area contributed by atoms with Crippen molar-refractivity contribution in [3.63, 3.8) is 0 Å². The van der Waals surface area contributed by atoms with E-state index in [2.05, 4.69) is 6.92 Å². The predicted octanol–water partition coefficient (Wildman–Crippen LogP) is 6.45. The zero-order valence-corrected chi connectivity index (χ0v) is 17.6. The summed E-state index contributed by atoms with van der Waals surface area (Å²) in [6.45, 7) is 3.96. The summed E-state index contributed by atoms with van der Waals surface area (Å²) in [7, 11) is 0. The van der Waals surface area contributed by atoms with Crippen LogP contribution in [0.15, 0.2) is 27.4 Å². The van der Waals surface area contributed by atoms with E-state index in [0.717, 1.165) is 18.2 Å². The second-order valence-electron chi connectivity index (χ2n) is 6.98. The van der Waals surface area contributed by atoms with Crippen molar-refractivity contribution in [2.24, 2.45) is 0 Å². The van der Waals surface area contributed by atoms with Crippen molar-refractivity contribution >= 4 is 28.5 Å². The Labute approximate surface area is 171 Å². The standard InChI is InChI=1S/C12H24O2.C10H7ClO3/c1-2-3-4-5-6-7-8-9-10-11-12(13)14;1-5-7-3-2-6(12)4-8(7)14-10(13)9(5)11/h2-11H2,1H3,(H,13,14);2-4,12H,1H3. The molecule has 0 amide bonds. The van der Waals surface area contributed by atoms with E-state index in [4.69, 9.17) is 21.1 Å². The number of unbranched alkanes of at least 4 members (excludes halogenated alkanes) is 8. The topological polar surface area (TPSA) is 87.7 Å². The summed E-state index contributed by atoms with van der Waals surface area (Å²) in [5.74, 6) is -0.602. The molecule has 1 aromatic carbocycles. The summed E-state index contributed by atoms with van der Waals surface area (Å²) in [6, 6.07) is 4.57. The fourth-order valence-electron chi connectivity index (χ4n) is 2.91. The lowest BCUT2D eigenvalue weighted by Crippen LogP contribution is -2.01. The third-order valence-electron chi connectivity index (χ3n) is 4.57. The highest BCUT2D eigenvalue weighted by Crippen LogP contribution is 2.24. The number of hydrogen-bond donors (Lipinski definition) is 2. The van der Waals surface area contributed by atoms with Crippen LogP contribution >= 0.6 is 11.6 Å². The number of aryl methyl sites for hydroxylation is 1. The summed E-state index contributed by atoms with van der Waals surface area (Å²) in [5, 5.41) is 18.4. The highest BCUT2D eigenvalue weighted by Gasteiger charge is 2.08. The van der Waals surface area contributed by atoms with Gasteiger partial charge in [0.05, 0.1) is 0 Å². The molecular weight excluding hydrogens is 380 g/mol. The van der Waals surface area contributed by atoms with Gasteiger partial charge in [-0.1, -0.05) is 69.9 Å². The van der Waals surface area contributed by atoms with Crippen LogP contribution in [-0.2, 0) is 4.79 Å². The molecule has 0 atom stereocenters. The van der Waals surface area contributed by atoms with Gasteiger partial charge in [0.2, 0.25) is 0 Å². The molecule has 1 aromatic heterocycles. The van der Waals surface area contributed by atoms with Crippen molar-refractivity contribution in [3.05, 3.63) is 39.2 Å². The minimum absolute atomic E-state index is 0.0578. The number of phenolic OH excluding ortho intramolecular Hbond substituents is 1. The Balaban J connectivity index is 0.000000280. The number of benzene rings is 1. The van der Waals surface area contributed by atoms with Gasteiger partial charge in [0.15, 0.2) is 0 Å². The molecule has 28 heavy (non-hydrogen) atoms. The summed E-state index contributed by atoms with van der Waals surface area (Å²) >= 11 is 5.73. The average molecular weight is 411 g/mol. The molecule has 5 nitrogen and oxygen atoms in total. The van der Waals surface area contributed by atoms with Gasteiger partial charge in [-0.2, -0.15) is 0 Å². The molecule has 0 spiro atoms. The van der Waals surface area contributed by atoms with Crippen molar-refractivity contribution in [1.29, 1.82) is 0 Å². The largest absolute Gasteiger partial charge is 0.508 e. The van der Waals surface area contributed by atoms with E-state index in [1.807, 2.05) is 0 Å². The lowest BCUT2D eigenvalue weighted by molar-refractivity contribution is -0.137. The molecule has 0 aliphatic heterocycles. The molecule has 2 aromatic rings. The summed E-state index contributed by atoms with van der Waals surface area (Å²) in [6.07, 6.45) is 11.5. The quantitative estimate of drug-likeness (QED) is 0.347. The minimum Gasteiger partial charge on any atom is -0.508 e. The van der Waals surface area contributed by atoms with Gasteiger partial charge in [0, 0.05) is 17.9 Å². The predicted molar refractivity (Wildman–Crippen MR) is 113 cm³/mol. The molecule has 2 N–H and O–H groups in total. The zero-order valence-electron chi connectivity index (χ0n) is 16.8. The van der Waals surface area contributed by atoms with Crippen LogP contribution in [-0.4, -0.2) is 16.2 Å². The van der Waals surface area contributed by atoms with E-state index in [9.17, 15) is 14.7 Å². The number of aliphatic carboxylic acids is 1. The maximum atomic E-state index is 11.2. The van der Waals surface area contributed by atoms with Gasteiger partial charge in [-0.3, -0.25) is 4.79 Å². The van der Waals surface area contributed by atoms with Gasteiger partial charge < -0.3 is 14.6 Å². The number of aromatic hydroxyl groups is 1. The number of phenols is 1. The van der Waals surface area contributed by atoms with Gasteiger partial charge in [0.1, 0.15) is 16.4 Å². The molecular formula is C22H31ClO5. The van der Waals surface area contributed by atoms with Crippen molar-refractivity contribution in [3.8, 4) is 5.75 Å². The fraction of sp³-hybridized carbons (Fsp3) is 0.545. The molecule has 0 unspecified atom stereocenters. The van der Waals surface area contributed by atoms with Crippen molar-refractivity contribution in [1.82, 2.24) is 0 Å². The van der Waals surface area contributed by atoms with Crippen LogP contribution in [0.3, 0.4) is 0 Å². The lowest BCUT2D eigenvalue weighted by atomic mass is 10.1. The number of hydrogen-bond acceptors (Lipinski definition) is 4. The molecule has 0 fully saturated rings. The second-order valence-corrected chi connectivity index (χ2v) is 7.36. The Kier molecular flexibility index (Phi) is 11.3. The smallest absolute Gasteiger partial charge is 0.355 e. The Hall–Kier alpha value is -2.01. The van der Waals surface area contributed by atoms with Crippen LogP contribution in [0.4, 0.5) is 0 Å². The van der Waals surface area contributed by atoms with E-state index < -0.39 is 11.6 Å². The Bertz CT molecular complexity index is 797. The summed E-state index contributed by atoms with van der Waals surface area (Å²) < 4.78 is 4.91. The lowest BCUT2D eigenvalue weighted by Gasteiger charge is -2.02. The first-order valence-electron chi connectivity index (χ1n) is 10.0. The van der Waals surface area contributed by atoms with Crippen LogP contribution in [0, 0.1) is 6.92 Å². The van der Waals surface area contributed by atoms with Crippen LogP contribution in [0.5, 0.6) is 5.75 Å². The maximum Gasteiger partial charge on any atom is 0.355 e. The van der Waals surface area contributed by atoms with Crippen LogP contribution < -0.4 is 5.63 Å². The molecule has 0 bridgehead atoms. The fourth-order valence-corrected chi connectivity index (χ4v) is 3.05. The molecule has 156 valence electrons. The number of carboxylic acids is 1. The van der Waals surface area contributed by atoms with Gasteiger partial charge in [-0.25, -0.2) is 4.79 Å². The Morgan fingerprint density at radius 2 is 1.61 bits per heavy atom. The van der Waals surface area contributed by atoms with Crippen LogP contribution in [0.25, 0.3) is 11.0 Å². The second kappa shape index (κ2) is 13.2. The number of carboxylic acid groups (broad SMARTS) is 1. The van der Waals surface area contributed by atoms with Gasteiger partial charge >= 0.3 is 11.6 Å². The van der Waals surface area contributed by atoms with E-state index in [-0.39, 0.29) is 10.8 Å².